The van der Waals surface area contributed by atoms with E-state index in [1.165, 1.54) is 16.6 Å². The van der Waals surface area contributed by atoms with Gasteiger partial charge in [0.1, 0.15) is 5.82 Å². The molecule has 0 saturated carbocycles. The zero-order valence-corrected chi connectivity index (χ0v) is 20.9. The van der Waals surface area contributed by atoms with Gasteiger partial charge < -0.3 is 5.32 Å². The topological polar surface area (TPSA) is 59.8 Å². The van der Waals surface area contributed by atoms with E-state index in [0.717, 1.165) is 28.3 Å². The number of aromatic nitrogens is 3. The molecule has 2 heterocycles. The van der Waals surface area contributed by atoms with Gasteiger partial charge in [-0.05, 0) is 54.5 Å². The number of aryl methyl sites for hydroxylation is 1. The zero-order valence-electron chi connectivity index (χ0n) is 19.3. The van der Waals surface area contributed by atoms with Crippen molar-refractivity contribution in [2.24, 2.45) is 0 Å². The number of hydrogen-bond donors (Lipinski definition) is 1. The predicted molar refractivity (Wildman–Crippen MR) is 138 cm³/mol. The van der Waals surface area contributed by atoms with Crippen molar-refractivity contribution in [3.05, 3.63) is 87.9 Å². The minimum atomic E-state index is -0.342. The number of amides is 1. The third-order valence-corrected chi connectivity index (χ3v) is 7.37. The summed E-state index contributed by atoms with van der Waals surface area (Å²) in [6.07, 6.45) is 0.696. The van der Waals surface area contributed by atoms with Gasteiger partial charge in [-0.3, -0.25) is 9.36 Å². The van der Waals surface area contributed by atoms with Crippen molar-refractivity contribution in [2.75, 3.05) is 5.32 Å². The van der Waals surface area contributed by atoms with E-state index in [-0.39, 0.29) is 11.2 Å². The molecular formula is C26H28N4OS2. The Hall–Kier alpha value is -2.90. The lowest BCUT2D eigenvalue weighted by molar-refractivity contribution is -0.115. The van der Waals surface area contributed by atoms with Crippen molar-refractivity contribution in [2.45, 2.75) is 50.4 Å². The maximum Gasteiger partial charge on any atom is 0.237 e. The number of anilines is 1. The van der Waals surface area contributed by atoms with Crippen molar-refractivity contribution in [3.63, 3.8) is 0 Å². The van der Waals surface area contributed by atoms with Crippen LogP contribution in [0.2, 0.25) is 0 Å². The van der Waals surface area contributed by atoms with Gasteiger partial charge in [-0.15, -0.1) is 21.5 Å². The molecule has 1 unspecified atom stereocenters. The molecule has 0 radical (unpaired) electrons. The number of thiophene rings is 1. The van der Waals surface area contributed by atoms with Gasteiger partial charge in [0.15, 0.2) is 5.16 Å². The van der Waals surface area contributed by atoms with E-state index in [0.29, 0.717) is 17.5 Å². The standard InChI is InChI=1S/C26H28N4OS2/c1-17(2)22-14-8-10-18(3)24(22)27-25(31)19(4)33-26-29-28-23(16-21-13-9-15-32-21)30(26)20-11-6-5-7-12-20/h5-15,17,19H,16H2,1-4H3,(H,27,31). The quantitative estimate of drug-likeness (QED) is 0.296. The number of hydrogen-bond acceptors (Lipinski definition) is 5. The molecule has 0 aliphatic heterocycles. The predicted octanol–water partition coefficient (Wildman–Crippen LogP) is 6.47. The first-order valence-electron chi connectivity index (χ1n) is 11.0. The van der Waals surface area contributed by atoms with Crippen LogP contribution in [0, 0.1) is 6.92 Å². The Labute approximate surface area is 203 Å². The van der Waals surface area contributed by atoms with Crippen LogP contribution in [0.25, 0.3) is 5.69 Å². The highest BCUT2D eigenvalue weighted by Gasteiger charge is 2.23. The number of carbonyl (C=O) groups excluding carboxylic acids is 1. The molecule has 0 aliphatic carbocycles. The van der Waals surface area contributed by atoms with Gasteiger partial charge in [0, 0.05) is 22.7 Å². The molecule has 1 atom stereocenters. The Kier molecular flexibility index (Phi) is 7.30. The number of nitrogens with one attached hydrogen (secondary N) is 1. The monoisotopic (exact) mass is 476 g/mol. The highest BCUT2D eigenvalue weighted by Crippen LogP contribution is 2.31. The second kappa shape index (κ2) is 10.4. The van der Waals surface area contributed by atoms with E-state index in [9.17, 15) is 4.79 Å². The number of nitrogens with zero attached hydrogens (tertiary/aromatic N) is 3. The van der Waals surface area contributed by atoms with E-state index in [2.05, 4.69) is 51.4 Å². The van der Waals surface area contributed by atoms with Crippen LogP contribution in [0.4, 0.5) is 5.69 Å². The molecule has 0 fully saturated rings. The average Bonchev–Trinajstić information content (AvgIpc) is 3.46. The summed E-state index contributed by atoms with van der Waals surface area (Å²) < 4.78 is 2.06. The molecule has 4 rings (SSSR count). The summed E-state index contributed by atoms with van der Waals surface area (Å²) in [7, 11) is 0. The van der Waals surface area contributed by atoms with Crippen LogP contribution in [-0.4, -0.2) is 25.9 Å². The van der Waals surface area contributed by atoms with Crippen LogP contribution < -0.4 is 5.32 Å². The van der Waals surface area contributed by atoms with Crippen molar-refractivity contribution in [1.82, 2.24) is 14.8 Å². The number of thioether (sulfide) groups is 1. The fourth-order valence-electron chi connectivity index (χ4n) is 3.68. The molecule has 7 heteroatoms. The molecule has 2 aromatic carbocycles. The van der Waals surface area contributed by atoms with Crippen LogP contribution in [0.15, 0.2) is 71.2 Å². The summed E-state index contributed by atoms with van der Waals surface area (Å²) in [6.45, 7) is 8.22. The summed E-state index contributed by atoms with van der Waals surface area (Å²) >= 11 is 3.13. The highest BCUT2D eigenvalue weighted by molar-refractivity contribution is 8.00. The summed E-state index contributed by atoms with van der Waals surface area (Å²) in [5, 5.41) is 14.6. The fourth-order valence-corrected chi connectivity index (χ4v) is 5.26. The smallest absolute Gasteiger partial charge is 0.237 e. The van der Waals surface area contributed by atoms with Gasteiger partial charge in [-0.2, -0.15) is 0 Å². The Morgan fingerprint density at radius 1 is 1.03 bits per heavy atom. The van der Waals surface area contributed by atoms with Gasteiger partial charge in [0.05, 0.1) is 5.25 Å². The number of carbonyl (C=O) groups is 1. The molecule has 5 nitrogen and oxygen atoms in total. The van der Waals surface area contributed by atoms with Crippen LogP contribution in [-0.2, 0) is 11.2 Å². The third-order valence-electron chi connectivity index (χ3n) is 5.45. The van der Waals surface area contributed by atoms with Gasteiger partial charge in [0.2, 0.25) is 5.91 Å². The SMILES string of the molecule is Cc1cccc(C(C)C)c1NC(=O)C(C)Sc1nnc(Cc2cccs2)n1-c1ccccc1. The fraction of sp³-hybridized carbons (Fsp3) is 0.269. The zero-order chi connectivity index (χ0) is 23.4. The minimum absolute atomic E-state index is 0.0429. The Morgan fingerprint density at radius 3 is 2.52 bits per heavy atom. The normalized spacial score (nSPS) is 12.2. The van der Waals surface area contributed by atoms with E-state index in [1.54, 1.807) is 11.3 Å². The Balaban J connectivity index is 1.59. The van der Waals surface area contributed by atoms with Crippen molar-refractivity contribution < 1.29 is 4.79 Å². The molecular weight excluding hydrogens is 448 g/mol. The summed E-state index contributed by atoms with van der Waals surface area (Å²) in [4.78, 5) is 14.4. The second-order valence-electron chi connectivity index (χ2n) is 8.27. The molecule has 0 spiro atoms. The molecule has 33 heavy (non-hydrogen) atoms. The van der Waals surface area contributed by atoms with Gasteiger partial charge in [0.25, 0.3) is 0 Å². The highest BCUT2D eigenvalue weighted by atomic mass is 32.2. The van der Waals surface area contributed by atoms with Gasteiger partial charge >= 0.3 is 0 Å². The van der Waals surface area contributed by atoms with E-state index in [1.807, 2.05) is 62.4 Å². The lowest BCUT2D eigenvalue weighted by Crippen LogP contribution is -2.24. The molecule has 0 aliphatic rings. The molecule has 170 valence electrons. The Bertz CT molecular complexity index is 1220. The molecule has 1 amide bonds. The largest absolute Gasteiger partial charge is 0.325 e. The third kappa shape index (κ3) is 5.37. The van der Waals surface area contributed by atoms with E-state index in [4.69, 9.17) is 0 Å². The first kappa shape index (κ1) is 23.3. The lowest BCUT2D eigenvalue weighted by Gasteiger charge is -2.18. The summed E-state index contributed by atoms with van der Waals surface area (Å²) in [6, 6.07) is 20.4. The summed E-state index contributed by atoms with van der Waals surface area (Å²) in [5.74, 6) is 1.14. The van der Waals surface area contributed by atoms with Crippen LogP contribution in [0.5, 0.6) is 0 Å². The van der Waals surface area contributed by atoms with Gasteiger partial charge in [-0.25, -0.2) is 0 Å². The number of rotatable bonds is 8. The molecule has 0 saturated heterocycles. The van der Waals surface area contributed by atoms with Gasteiger partial charge in [-0.1, -0.05) is 68.1 Å². The van der Waals surface area contributed by atoms with E-state index >= 15 is 0 Å². The van der Waals surface area contributed by atoms with E-state index < -0.39 is 0 Å². The van der Waals surface area contributed by atoms with Crippen LogP contribution >= 0.6 is 23.1 Å². The molecule has 2 aromatic heterocycles. The van der Waals surface area contributed by atoms with Crippen LogP contribution in [0.1, 0.15) is 48.5 Å². The second-order valence-corrected chi connectivity index (χ2v) is 10.6. The van der Waals surface area contributed by atoms with Crippen molar-refractivity contribution in [3.8, 4) is 5.69 Å². The molecule has 0 bridgehead atoms. The van der Waals surface area contributed by atoms with Crippen LogP contribution in [0.3, 0.4) is 0 Å². The average molecular weight is 477 g/mol. The first-order chi connectivity index (χ1) is 15.9. The minimum Gasteiger partial charge on any atom is -0.325 e. The summed E-state index contributed by atoms with van der Waals surface area (Å²) in [5.41, 5.74) is 4.11. The van der Waals surface area contributed by atoms with Crippen molar-refractivity contribution in [1.29, 1.82) is 0 Å². The number of benzene rings is 2. The Morgan fingerprint density at radius 2 is 1.82 bits per heavy atom. The van der Waals surface area contributed by atoms with Crippen molar-refractivity contribution >= 4 is 34.7 Å². The molecule has 1 N–H and O–H groups in total. The molecule has 4 aromatic rings. The maximum atomic E-state index is 13.2. The maximum absolute atomic E-state index is 13.2. The number of para-hydroxylation sites is 2. The lowest BCUT2D eigenvalue weighted by atomic mass is 9.98. The first-order valence-corrected chi connectivity index (χ1v) is 12.8.